The number of aromatic hydroxyl groups is 2. The van der Waals surface area contributed by atoms with Gasteiger partial charge in [0.25, 0.3) is 0 Å². The molecule has 2 rings (SSSR count). The minimum absolute atomic E-state index is 0.130. The number of phenols is 2. The van der Waals surface area contributed by atoms with E-state index in [0.717, 1.165) is 25.7 Å². The number of rotatable bonds is 15. The number of hydrogen-bond acceptors (Lipinski definition) is 10. The van der Waals surface area contributed by atoms with Crippen molar-refractivity contribution < 1.29 is 29.5 Å². The molecule has 0 saturated carbocycles. The molecular weight excluding hydrogens is 472 g/mol. The fraction of sp³-hybridized carbons (Fsp3) is 0.417. The van der Waals surface area contributed by atoms with E-state index in [0.29, 0.717) is 13.2 Å². The molecule has 194 valence electrons. The fourth-order valence-corrected chi connectivity index (χ4v) is 2.98. The second kappa shape index (κ2) is 14.2. The van der Waals surface area contributed by atoms with Crippen LogP contribution < -0.4 is 9.47 Å². The Labute approximate surface area is 208 Å². The van der Waals surface area contributed by atoms with Gasteiger partial charge in [-0.2, -0.15) is 0 Å². The summed E-state index contributed by atoms with van der Waals surface area (Å²) >= 11 is 0. The largest absolute Gasteiger partial charge is 0.502 e. The number of phenolic OH excluding ortho intramolecular Hbond substituents is 2. The van der Waals surface area contributed by atoms with Crippen LogP contribution in [0, 0.1) is 20.2 Å². The monoisotopic (exact) mass is 502 g/mol. The highest BCUT2D eigenvalue weighted by molar-refractivity contribution is 5.87. The predicted molar refractivity (Wildman–Crippen MR) is 135 cm³/mol. The lowest BCUT2D eigenvalue weighted by Crippen LogP contribution is -2.00. The summed E-state index contributed by atoms with van der Waals surface area (Å²) in [5.74, 6) is -0.532. The van der Waals surface area contributed by atoms with Gasteiger partial charge in [0.2, 0.25) is 11.5 Å². The molecule has 0 aliphatic rings. The minimum Gasteiger partial charge on any atom is -0.502 e. The van der Waals surface area contributed by atoms with Gasteiger partial charge < -0.3 is 19.7 Å². The first-order chi connectivity index (χ1) is 17.3. The molecule has 12 heteroatoms. The number of unbranched alkanes of at least 4 members (excludes halogenated alkanes) is 2. The number of nitro groups is 2. The van der Waals surface area contributed by atoms with E-state index in [1.54, 1.807) is 0 Å². The fourth-order valence-electron chi connectivity index (χ4n) is 2.98. The number of hydrogen-bond donors (Lipinski definition) is 2. The Kier molecular flexibility index (Phi) is 11.1. The first-order valence-electron chi connectivity index (χ1n) is 11.6. The Morgan fingerprint density at radius 2 is 1.17 bits per heavy atom. The maximum absolute atomic E-state index is 11.3. The Morgan fingerprint density at radius 1 is 0.778 bits per heavy atom. The lowest BCUT2D eigenvalue weighted by atomic mass is 10.1. The number of aliphatic imine (C=N–C) groups is 2. The molecule has 0 amide bonds. The summed E-state index contributed by atoms with van der Waals surface area (Å²) in [7, 11) is 0. The smallest absolute Gasteiger partial charge is 0.315 e. The molecule has 0 radical (unpaired) electrons. The van der Waals surface area contributed by atoms with Crippen molar-refractivity contribution in [3.63, 3.8) is 0 Å². The molecule has 0 unspecified atom stereocenters. The van der Waals surface area contributed by atoms with Crippen LogP contribution in [0.25, 0.3) is 0 Å². The molecule has 0 fully saturated rings. The van der Waals surface area contributed by atoms with E-state index in [1.165, 1.54) is 36.7 Å². The van der Waals surface area contributed by atoms with Crippen molar-refractivity contribution in [3.05, 3.63) is 55.6 Å². The molecule has 0 heterocycles. The Bertz CT molecular complexity index is 1030. The lowest BCUT2D eigenvalue weighted by molar-refractivity contribution is -0.386. The number of nitro benzene ring substituents is 2. The van der Waals surface area contributed by atoms with Gasteiger partial charge in [0.05, 0.1) is 48.3 Å². The molecule has 12 nitrogen and oxygen atoms in total. The average molecular weight is 503 g/mol. The standard InChI is InChI=1S/C24H30N4O8/c1-3-5-9-35-19-11-17(23(29)21(13-19)27(31)32)15-25-7-8-26-16-18-12-20(36-10-6-4-2)14-22(24(18)30)28(33)34/h11-16,29-30H,3-10H2,1-2H3. The summed E-state index contributed by atoms with van der Waals surface area (Å²) in [5.41, 5.74) is -0.710. The summed E-state index contributed by atoms with van der Waals surface area (Å²) in [6.07, 6.45) is 5.93. The first kappa shape index (κ1) is 28.0. The third-order valence-corrected chi connectivity index (χ3v) is 4.93. The Balaban J connectivity index is 2.10. The first-order valence-corrected chi connectivity index (χ1v) is 11.6. The van der Waals surface area contributed by atoms with Crippen molar-refractivity contribution >= 4 is 23.8 Å². The van der Waals surface area contributed by atoms with E-state index in [4.69, 9.17) is 9.47 Å². The Hall–Kier alpha value is -4.22. The molecule has 0 aliphatic heterocycles. The van der Waals surface area contributed by atoms with Crippen LogP contribution in [0.2, 0.25) is 0 Å². The molecule has 0 bridgehead atoms. The normalized spacial score (nSPS) is 11.3. The third kappa shape index (κ3) is 8.22. The lowest BCUT2D eigenvalue weighted by Gasteiger charge is -2.08. The van der Waals surface area contributed by atoms with Gasteiger partial charge in [-0.25, -0.2) is 0 Å². The van der Waals surface area contributed by atoms with Gasteiger partial charge >= 0.3 is 11.4 Å². The van der Waals surface area contributed by atoms with Crippen molar-refractivity contribution in [1.29, 1.82) is 0 Å². The molecule has 2 aromatic rings. The SMILES string of the molecule is CCCCOc1cc(C=NCCN=Cc2cc(OCCCC)cc([N+](=O)[O-])c2O)c(O)c([N+](=O)[O-])c1. The van der Waals surface area contributed by atoms with Crippen molar-refractivity contribution in [2.24, 2.45) is 9.98 Å². The molecule has 2 aromatic carbocycles. The van der Waals surface area contributed by atoms with Crippen LogP contribution in [-0.2, 0) is 0 Å². The van der Waals surface area contributed by atoms with Crippen molar-refractivity contribution in [3.8, 4) is 23.0 Å². The molecule has 0 spiro atoms. The van der Waals surface area contributed by atoms with Gasteiger partial charge in [0.1, 0.15) is 11.5 Å². The van der Waals surface area contributed by atoms with Crippen LogP contribution in [0.15, 0.2) is 34.3 Å². The van der Waals surface area contributed by atoms with Gasteiger partial charge in [-0.1, -0.05) is 26.7 Å². The third-order valence-electron chi connectivity index (χ3n) is 4.93. The molecule has 36 heavy (non-hydrogen) atoms. The Morgan fingerprint density at radius 3 is 1.50 bits per heavy atom. The summed E-state index contributed by atoms with van der Waals surface area (Å²) in [6.45, 7) is 5.06. The predicted octanol–water partition coefficient (Wildman–Crippen LogP) is 4.81. The van der Waals surface area contributed by atoms with Crippen LogP contribution in [0.1, 0.15) is 50.7 Å². The molecule has 0 aromatic heterocycles. The molecular formula is C24H30N4O8. The number of benzene rings is 2. The van der Waals surface area contributed by atoms with Gasteiger partial charge in [0.15, 0.2) is 0 Å². The zero-order chi connectivity index (χ0) is 26.5. The molecule has 0 saturated heterocycles. The summed E-state index contributed by atoms with van der Waals surface area (Å²) in [5, 5.41) is 42.9. The van der Waals surface area contributed by atoms with Crippen molar-refractivity contribution in [1.82, 2.24) is 0 Å². The van der Waals surface area contributed by atoms with E-state index in [1.807, 2.05) is 13.8 Å². The van der Waals surface area contributed by atoms with E-state index < -0.39 is 32.7 Å². The number of nitrogens with zero attached hydrogens (tertiary/aromatic N) is 4. The van der Waals surface area contributed by atoms with E-state index in [2.05, 4.69) is 9.98 Å². The zero-order valence-electron chi connectivity index (χ0n) is 20.3. The van der Waals surface area contributed by atoms with Gasteiger partial charge in [-0.15, -0.1) is 0 Å². The van der Waals surface area contributed by atoms with Crippen molar-refractivity contribution in [2.45, 2.75) is 39.5 Å². The molecule has 0 atom stereocenters. The van der Waals surface area contributed by atoms with Gasteiger partial charge in [-0.3, -0.25) is 30.2 Å². The molecule has 2 N–H and O–H groups in total. The zero-order valence-corrected chi connectivity index (χ0v) is 20.3. The second-order valence-electron chi connectivity index (χ2n) is 7.75. The highest BCUT2D eigenvalue weighted by atomic mass is 16.6. The maximum Gasteiger partial charge on any atom is 0.315 e. The minimum atomic E-state index is -0.699. The second-order valence-corrected chi connectivity index (χ2v) is 7.75. The highest BCUT2D eigenvalue weighted by Gasteiger charge is 2.20. The summed E-state index contributed by atoms with van der Waals surface area (Å²) in [6, 6.07) is 5.26. The van der Waals surface area contributed by atoms with E-state index in [-0.39, 0.29) is 35.7 Å². The van der Waals surface area contributed by atoms with Crippen molar-refractivity contribution in [2.75, 3.05) is 26.3 Å². The van der Waals surface area contributed by atoms with Crippen LogP contribution in [0.5, 0.6) is 23.0 Å². The maximum atomic E-state index is 11.3. The highest BCUT2D eigenvalue weighted by Crippen LogP contribution is 2.34. The van der Waals surface area contributed by atoms with Gasteiger partial charge in [0, 0.05) is 23.6 Å². The van der Waals surface area contributed by atoms with Gasteiger partial charge in [-0.05, 0) is 25.0 Å². The van der Waals surface area contributed by atoms with E-state index in [9.17, 15) is 30.4 Å². The number of ether oxygens (including phenoxy) is 2. The quantitative estimate of drug-likeness (QED) is 0.151. The summed E-state index contributed by atoms with van der Waals surface area (Å²) in [4.78, 5) is 29.4. The van der Waals surface area contributed by atoms with Crippen LogP contribution in [0.3, 0.4) is 0 Å². The van der Waals surface area contributed by atoms with Crippen LogP contribution in [0.4, 0.5) is 11.4 Å². The van der Waals surface area contributed by atoms with Crippen LogP contribution in [-0.4, -0.2) is 58.8 Å². The summed E-state index contributed by atoms with van der Waals surface area (Å²) < 4.78 is 11.0. The average Bonchev–Trinajstić information content (AvgIpc) is 2.84. The molecule has 0 aliphatic carbocycles. The van der Waals surface area contributed by atoms with Crippen LogP contribution >= 0.6 is 0 Å². The topological polar surface area (TPSA) is 170 Å². The van der Waals surface area contributed by atoms with E-state index >= 15 is 0 Å².